The molecule has 0 bridgehead atoms. The molecular formula is C32H48ClFN4O3. The molecule has 0 spiro atoms. The van der Waals surface area contributed by atoms with E-state index in [1.807, 2.05) is 0 Å². The normalized spacial score (nSPS) is 12.5. The van der Waals surface area contributed by atoms with Crippen molar-refractivity contribution in [3.8, 4) is 11.5 Å². The van der Waals surface area contributed by atoms with Crippen LogP contribution in [0, 0.1) is 11.7 Å². The van der Waals surface area contributed by atoms with Crippen LogP contribution in [0.15, 0.2) is 36.7 Å². The molecule has 1 aliphatic rings. The molecule has 9 heteroatoms. The Kier molecular flexibility index (Phi) is 17.4. The Bertz CT molecular complexity index is 1180. The third-order valence-electron chi connectivity index (χ3n) is 6.60. The summed E-state index contributed by atoms with van der Waals surface area (Å²) in [4.78, 5) is 19.9. The van der Waals surface area contributed by atoms with Gasteiger partial charge in [-0.1, -0.05) is 90.2 Å². The van der Waals surface area contributed by atoms with E-state index in [1.54, 1.807) is 26.2 Å². The first-order valence-corrected chi connectivity index (χ1v) is 14.8. The van der Waals surface area contributed by atoms with E-state index < -0.39 is 5.82 Å². The summed E-state index contributed by atoms with van der Waals surface area (Å²) in [6.07, 6.45) is 14.4. The van der Waals surface area contributed by atoms with Gasteiger partial charge in [0.05, 0.1) is 17.6 Å². The number of halogens is 2. The molecule has 0 atom stereocenters. The summed E-state index contributed by atoms with van der Waals surface area (Å²) in [6, 6.07) is 7.36. The van der Waals surface area contributed by atoms with Crippen LogP contribution in [-0.2, 0) is 4.79 Å². The van der Waals surface area contributed by atoms with Crippen LogP contribution >= 0.6 is 11.6 Å². The Balaban J connectivity index is 0.000000360. The fourth-order valence-electron chi connectivity index (χ4n) is 3.85. The molecule has 2 aromatic carbocycles. The number of aromatic hydroxyl groups is 1. The Morgan fingerprint density at radius 3 is 2.17 bits per heavy atom. The van der Waals surface area contributed by atoms with Gasteiger partial charge in [0.15, 0.2) is 11.5 Å². The van der Waals surface area contributed by atoms with E-state index in [4.69, 9.17) is 16.3 Å². The number of benzene rings is 2. The van der Waals surface area contributed by atoms with Gasteiger partial charge in [0.25, 0.3) is 0 Å². The topological polar surface area (TPSA) is 87.6 Å². The number of anilines is 2. The van der Waals surface area contributed by atoms with Crippen LogP contribution in [0.2, 0.25) is 5.02 Å². The van der Waals surface area contributed by atoms with Crippen molar-refractivity contribution in [1.82, 2.24) is 14.9 Å². The number of amides is 1. The monoisotopic (exact) mass is 590 g/mol. The summed E-state index contributed by atoms with van der Waals surface area (Å²) in [6.45, 7) is 8.35. The molecule has 3 aromatic rings. The molecule has 0 saturated heterocycles. The molecule has 7 nitrogen and oxygen atoms in total. The number of ether oxygens (including phenoxy) is 1. The SMILES string of the molecule is CC(=O)N(C)C.CC1CCCCC1.CCCCCC.COc1cc2ncnc(Nc3ccc(F)c(Cl)c3)c2cc1O. The van der Waals surface area contributed by atoms with E-state index in [1.165, 1.54) is 101 Å². The highest BCUT2D eigenvalue weighted by Gasteiger charge is 2.10. The van der Waals surface area contributed by atoms with E-state index in [2.05, 4.69) is 36.1 Å². The number of methoxy groups -OCH3 is 1. The molecule has 1 fully saturated rings. The average Bonchev–Trinajstić information content (AvgIpc) is 2.95. The van der Waals surface area contributed by atoms with Gasteiger partial charge in [0, 0.05) is 38.2 Å². The zero-order chi connectivity index (χ0) is 30.8. The summed E-state index contributed by atoms with van der Waals surface area (Å²) in [5.41, 5.74) is 1.17. The average molecular weight is 591 g/mol. The van der Waals surface area contributed by atoms with Crippen molar-refractivity contribution >= 4 is 39.9 Å². The minimum atomic E-state index is -0.498. The van der Waals surface area contributed by atoms with E-state index >= 15 is 0 Å². The highest BCUT2D eigenvalue weighted by Crippen LogP contribution is 2.34. The van der Waals surface area contributed by atoms with Crippen molar-refractivity contribution in [1.29, 1.82) is 0 Å². The number of nitrogens with one attached hydrogen (secondary N) is 1. The fourth-order valence-corrected chi connectivity index (χ4v) is 4.03. The fraction of sp³-hybridized carbons (Fsp3) is 0.531. The van der Waals surface area contributed by atoms with Crippen molar-refractivity contribution < 1.29 is 19.0 Å². The number of carbonyl (C=O) groups excluding carboxylic acids is 1. The summed E-state index contributed by atoms with van der Waals surface area (Å²) in [5, 5.41) is 13.5. The number of phenolic OH excluding ortho intramolecular Hbond substituents is 1. The summed E-state index contributed by atoms with van der Waals surface area (Å²) in [5.74, 6) is 1.39. The molecule has 2 N–H and O–H groups in total. The number of unbranched alkanes of at least 4 members (excludes halogenated alkanes) is 3. The lowest BCUT2D eigenvalue weighted by Gasteiger charge is -2.15. The van der Waals surface area contributed by atoms with E-state index in [-0.39, 0.29) is 16.7 Å². The quantitative estimate of drug-likeness (QED) is 0.278. The zero-order valence-electron chi connectivity index (χ0n) is 25.8. The molecular weight excluding hydrogens is 543 g/mol. The lowest BCUT2D eigenvalue weighted by Crippen LogP contribution is -2.17. The molecule has 41 heavy (non-hydrogen) atoms. The second kappa shape index (κ2) is 19.9. The molecule has 0 aliphatic heterocycles. The van der Waals surface area contributed by atoms with Crippen molar-refractivity contribution in [2.75, 3.05) is 26.5 Å². The highest BCUT2D eigenvalue weighted by molar-refractivity contribution is 6.31. The van der Waals surface area contributed by atoms with Crippen LogP contribution in [0.3, 0.4) is 0 Å². The Labute approximate surface area is 250 Å². The van der Waals surface area contributed by atoms with Gasteiger partial charge in [-0.25, -0.2) is 14.4 Å². The maximum atomic E-state index is 13.2. The standard InChI is InChI=1S/C15H11ClFN3O2.C7H14.C6H14.C4H9NO/c1-22-14-6-12-9(5-13(14)21)15(19-7-18-12)20-8-2-3-11(17)10(16)4-8;1-7-5-3-2-4-6-7;1-3-5-6-4-2;1-4(6)5(2)3/h2-7,21H,1H3,(H,18,19,20);7H,2-6H2,1H3;3-6H2,1-2H3;1-3H3. The number of phenols is 1. The smallest absolute Gasteiger partial charge is 0.218 e. The Morgan fingerprint density at radius 1 is 1.10 bits per heavy atom. The molecule has 0 unspecified atom stereocenters. The summed E-state index contributed by atoms with van der Waals surface area (Å²) in [7, 11) is 4.91. The van der Waals surface area contributed by atoms with Crippen LogP contribution in [0.5, 0.6) is 11.5 Å². The zero-order valence-corrected chi connectivity index (χ0v) is 26.5. The first-order chi connectivity index (χ1) is 19.5. The lowest BCUT2D eigenvalue weighted by molar-refractivity contribution is -0.126. The Hall–Kier alpha value is -3.13. The first kappa shape index (κ1) is 35.9. The largest absolute Gasteiger partial charge is 0.504 e. The predicted octanol–water partition coefficient (Wildman–Crippen LogP) is 9.15. The van der Waals surface area contributed by atoms with Crippen LogP contribution < -0.4 is 10.1 Å². The molecule has 1 heterocycles. The van der Waals surface area contributed by atoms with Crippen LogP contribution in [0.25, 0.3) is 10.9 Å². The molecule has 1 amide bonds. The van der Waals surface area contributed by atoms with E-state index in [0.29, 0.717) is 28.2 Å². The van der Waals surface area contributed by atoms with Crippen LogP contribution in [0.4, 0.5) is 15.9 Å². The molecule has 1 aromatic heterocycles. The van der Waals surface area contributed by atoms with Crippen molar-refractivity contribution in [2.24, 2.45) is 5.92 Å². The predicted molar refractivity (Wildman–Crippen MR) is 169 cm³/mol. The first-order valence-electron chi connectivity index (χ1n) is 14.5. The highest BCUT2D eigenvalue weighted by atomic mass is 35.5. The molecule has 228 valence electrons. The van der Waals surface area contributed by atoms with Crippen molar-refractivity contribution in [2.45, 2.75) is 85.5 Å². The molecule has 4 rings (SSSR count). The summed E-state index contributed by atoms with van der Waals surface area (Å²) < 4.78 is 18.2. The third-order valence-corrected chi connectivity index (χ3v) is 6.89. The van der Waals surface area contributed by atoms with Gasteiger partial charge in [0.2, 0.25) is 5.91 Å². The molecule has 1 aliphatic carbocycles. The van der Waals surface area contributed by atoms with Gasteiger partial charge in [-0.05, 0) is 30.2 Å². The second-order valence-corrected chi connectivity index (χ2v) is 10.8. The minimum Gasteiger partial charge on any atom is -0.504 e. The van der Waals surface area contributed by atoms with Gasteiger partial charge in [-0.2, -0.15) is 0 Å². The number of fused-ring (bicyclic) bond motifs is 1. The number of nitrogens with zero attached hydrogens (tertiary/aromatic N) is 3. The van der Waals surface area contributed by atoms with Gasteiger partial charge >= 0.3 is 0 Å². The van der Waals surface area contributed by atoms with Gasteiger partial charge in [-0.15, -0.1) is 0 Å². The molecule has 0 radical (unpaired) electrons. The van der Waals surface area contributed by atoms with E-state index in [0.717, 1.165) is 5.92 Å². The minimum absolute atomic E-state index is 0.00729. The van der Waals surface area contributed by atoms with Gasteiger partial charge < -0.3 is 20.1 Å². The Morgan fingerprint density at radius 2 is 1.71 bits per heavy atom. The maximum Gasteiger partial charge on any atom is 0.218 e. The van der Waals surface area contributed by atoms with E-state index in [9.17, 15) is 14.3 Å². The number of carbonyl (C=O) groups is 1. The van der Waals surface area contributed by atoms with Crippen LogP contribution in [0.1, 0.15) is 85.5 Å². The second-order valence-electron chi connectivity index (χ2n) is 10.4. The van der Waals surface area contributed by atoms with Crippen molar-refractivity contribution in [3.05, 3.63) is 47.5 Å². The van der Waals surface area contributed by atoms with Crippen LogP contribution in [-0.4, -0.2) is 47.1 Å². The summed E-state index contributed by atoms with van der Waals surface area (Å²) >= 11 is 5.76. The van der Waals surface area contributed by atoms with Gasteiger partial charge in [0.1, 0.15) is 18.0 Å². The van der Waals surface area contributed by atoms with Crippen molar-refractivity contribution in [3.63, 3.8) is 0 Å². The number of hydrogen-bond donors (Lipinski definition) is 2. The number of rotatable bonds is 6. The number of hydrogen-bond acceptors (Lipinski definition) is 6. The maximum absolute atomic E-state index is 13.2. The number of aromatic nitrogens is 2. The lowest BCUT2D eigenvalue weighted by atomic mass is 9.91. The molecule has 1 saturated carbocycles. The van der Waals surface area contributed by atoms with Gasteiger partial charge in [-0.3, -0.25) is 4.79 Å². The third kappa shape index (κ3) is 13.9.